The molecule has 10 heteroatoms. The van der Waals surface area contributed by atoms with Crippen LogP contribution in [0.5, 0.6) is 0 Å². The molecule has 0 fully saturated rings. The predicted molar refractivity (Wildman–Crippen MR) is 111 cm³/mol. The number of thiazole rings is 1. The first-order valence-electron chi connectivity index (χ1n) is 9.20. The van der Waals surface area contributed by atoms with E-state index in [4.69, 9.17) is 0 Å². The number of nitrogens with zero attached hydrogens (tertiary/aromatic N) is 3. The van der Waals surface area contributed by atoms with E-state index in [1.165, 1.54) is 40.3 Å². The zero-order valence-corrected chi connectivity index (χ0v) is 16.8. The maximum atomic E-state index is 13.1. The Morgan fingerprint density at radius 2 is 2.00 bits per heavy atom. The number of halogens is 1. The van der Waals surface area contributed by atoms with Gasteiger partial charge in [-0.15, -0.1) is 0 Å². The van der Waals surface area contributed by atoms with Crippen molar-refractivity contribution in [1.29, 1.82) is 0 Å². The first kappa shape index (κ1) is 19.8. The summed E-state index contributed by atoms with van der Waals surface area (Å²) in [6.45, 7) is 2.47. The van der Waals surface area contributed by atoms with Gasteiger partial charge in [0, 0.05) is 47.6 Å². The topological polar surface area (TPSA) is 101 Å². The minimum atomic E-state index is -0.539. The fourth-order valence-corrected chi connectivity index (χ4v) is 4.07. The number of rotatable bonds is 6. The summed E-state index contributed by atoms with van der Waals surface area (Å²) in [5, 5.41) is 2.85. The van der Waals surface area contributed by atoms with Gasteiger partial charge in [0.25, 0.3) is 5.56 Å². The SMILES string of the molecule is Cc1c(CNC(=O)CCn2ccc(=O)[nH]c2=O)sc2nc(-c3ccc(F)cc3)cn12. The van der Waals surface area contributed by atoms with Gasteiger partial charge >= 0.3 is 5.69 Å². The number of imidazole rings is 1. The zero-order chi connectivity index (χ0) is 21.3. The number of fused-ring (bicyclic) bond motifs is 1. The molecular weight excluding hydrogens is 409 g/mol. The van der Waals surface area contributed by atoms with E-state index in [-0.39, 0.29) is 24.7 Å². The maximum Gasteiger partial charge on any atom is 0.328 e. The van der Waals surface area contributed by atoms with Gasteiger partial charge in [-0.05, 0) is 31.2 Å². The van der Waals surface area contributed by atoms with Crippen molar-refractivity contribution in [3.63, 3.8) is 0 Å². The van der Waals surface area contributed by atoms with Crippen LogP contribution < -0.4 is 16.6 Å². The molecule has 0 saturated heterocycles. The summed E-state index contributed by atoms with van der Waals surface area (Å²) >= 11 is 1.47. The van der Waals surface area contributed by atoms with Crippen molar-refractivity contribution < 1.29 is 9.18 Å². The lowest BCUT2D eigenvalue weighted by Gasteiger charge is -2.06. The first-order chi connectivity index (χ1) is 14.4. The van der Waals surface area contributed by atoms with Crippen molar-refractivity contribution in [1.82, 2.24) is 24.3 Å². The first-order valence-corrected chi connectivity index (χ1v) is 10.0. The molecule has 0 spiro atoms. The van der Waals surface area contributed by atoms with Crippen LogP contribution in [0.4, 0.5) is 4.39 Å². The summed E-state index contributed by atoms with van der Waals surface area (Å²) in [7, 11) is 0. The minimum absolute atomic E-state index is 0.113. The van der Waals surface area contributed by atoms with Crippen LogP contribution in [0.1, 0.15) is 17.0 Å². The molecule has 0 saturated carbocycles. The number of hydrogen-bond donors (Lipinski definition) is 2. The molecule has 2 N–H and O–H groups in total. The van der Waals surface area contributed by atoms with Gasteiger partial charge in [0.15, 0.2) is 4.96 Å². The lowest BCUT2D eigenvalue weighted by Crippen LogP contribution is -2.31. The van der Waals surface area contributed by atoms with Crippen molar-refractivity contribution in [2.45, 2.75) is 26.4 Å². The highest BCUT2D eigenvalue weighted by atomic mass is 32.1. The molecule has 8 nitrogen and oxygen atoms in total. The Hall–Kier alpha value is -3.53. The summed E-state index contributed by atoms with van der Waals surface area (Å²) in [4.78, 5) is 43.4. The minimum Gasteiger partial charge on any atom is -0.351 e. The predicted octanol–water partition coefficient (Wildman–Crippen LogP) is 2.07. The Balaban J connectivity index is 1.40. The van der Waals surface area contributed by atoms with E-state index in [0.717, 1.165) is 26.8 Å². The van der Waals surface area contributed by atoms with Gasteiger partial charge in [-0.3, -0.25) is 19.0 Å². The average Bonchev–Trinajstić information content (AvgIpc) is 3.25. The van der Waals surface area contributed by atoms with E-state index >= 15 is 0 Å². The van der Waals surface area contributed by atoms with E-state index in [9.17, 15) is 18.8 Å². The van der Waals surface area contributed by atoms with Gasteiger partial charge in [-0.1, -0.05) is 11.3 Å². The Kier molecular flexibility index (Phi) is 5.32. The molecule has 0 aliphatic heterocycles. The fourth-order valence-electron chi connectivity index (χ4n) is 3.03. The summed E-state index contributed by atoms with van der Waals surface area (Å²) in [5.41, 5.74) is 1.54. The van der Waals surface area contributed by atoms with E-state index in [2.05, 4.69) is 15.3 Å². The number of hydrogen-bond acceptors (Lipinski definition) is 5. The lowest BCUT2D eigenvalue weighted by atomic mass is 10.2. The van der Waals surface area contributed by atoms with Crippen LogP contribution >= 0.6 is 11.3 Å². The molecule has 1 aromatic carbocycles. The van der Waals surface area contributed by atoms with Gasteiger partial charge in [-0.25, -0.2) is 14.2 Å². The van der Waals surface area contributed by atoms with Crippen molar-refractivity contribution in [2.24, 2.45) is 0 Å². The number of benzene rings is 1. The molecule has 0 radical (unpaired) electrons. The standard InChI is InChI=1S/C20H18FN5O3S/c1-12-16(10-22-17(27)6-8-25-9-7-18(28)24-19(25)29)30-20-23-15(11-26(12)20)13-2-4-14(21)5-3-13/h2-5,7,9,11H,6,8,10H2,1H3,(H,22,27)(H,24,28,29). The van der Waals surface area contributed by atoms with Gasteiger partial charge in [-0.2, -0.15) is 0 Å². The summed E-state index contributed by atoms with van der Waals surface area (Å²) < 4.78 is 16.3. The molecule has 0 atom stereocenters. The number of aromatic amines is 1. The Morgan fingerprint density at radius 3 is 2.70 bits per heavy atom. The zero-order valence-electron chi connectivity index (χ0n) is 16.0. The normalized spacial score (nSPS) is 11.1. The van der Waals surface area contributed by atoms with Crippen LogP contribution in [0.25, 0.3) is 16.2 Å². The van der Waals surface area contributed by atoms with E-state index < -0.39 is 11.2 Å². The molecule has 154 valence electrons. The molecule has 3 aromatic heterocycles. The van der Waals surface area contributed by atoms with Gasteiger partial charge < -0.3 is 9.88 Å². The van der Waals surface area contributed by atoms with Crippen LogP contribution in [-0.4, -0.2) is 24.8 Å². The number of carbonyl (C=O) groups excluding carboxylic acids is 1. The molecule has 3 heterocycles. The van der Waals surface area contributed by atoms with Gasteiger partial charge in [0.05, 0.1) is 12.2 Å². The molecule has 0 unspecified atom stereocenters. The lowest BCUT2D eigenvalue weighted by molar-refractivity contribution is -0.121. The van der Waals surface area contributed by atoms with E-state index in [1.54, 1.807) is 12.1 Å². The fraction of sp³-hybridized carbons (Fsp3) is 0.200. The Morgan fingerprint density at radius 1 is 1.23 bits per heavy atom. The van der Waals surface area contributed by atoms with Crippen LogP contribution in [0.15, 0.2) is 52.3 Å². The number of carbonyl (C=O) groups is 1. The van der Waals surface area contributed by atoms with Crippen LogP contribution in [-0.2, 0) is 17.9 Å². The van der Waals surface area contributed by atoms with Crippen LogP contribution in [0.3, 0.4) is 0 Å². The highest BCUT2D eigenvalue weighted by Crippen LogP contribution is 2.27. The third-order valence-electron chi connectivity index (χ3n) is 4.72. The van der Waals surface area contributed by atoms with Gasteiger partial charge in [0.1, 0.15) is 5.82 Å². The molecule has 30 heavy (non-hydrogen) atoms. The van der Waals surface area contributed by atoms with E-state index in [0.29, 0.717) is 6.54 Å². The number of amides is 1. The molecule has 4 rings (SSSR count). The smallest absolute Gasteiger partial charge is 0.328 e. The average molecular weight is 427 g/mol. The summed E-state index contributed by atoms with van der Waals surface area (Å²) in [6.07, 6.45) is 3.37. The molecular formula is C20H18FN5O3S. The maximum absolute atomic E-state index is 13.1. The molecule has 4 aromatic rings. The highest BCUT2D eigenvalue weighted by molar-refractivity contribution is 7.17. The number of aryl methyl sites for hydroxylation is 2. The monoisotopic (exact) mass is 427 g/mol. The van der Waals surface area contributed by atoms with Gasteiger partial charge in [0.2, 0.25) is 5.91 Å². The quantitative estimate of drug-likeness (QED) is 0.492. The molecule has 0 aliphatic carbocycles. The summed E-state index contributed by atoms with van der Waals surface area (Å²) in [6, 6.07) is 7.41. The Bertz CT molecular complexity index is 1330. The highest BCUT2D eigenvalue weighted by Gasteiger charge is 2.13. The molecule has 0 bridgehead atoms. The van der Waals surface area contributed by atoms with Crippen molar-refractivity contribution in [3.05, 3.63) is 80.0 Å². The van der Waals surface area contributed by atoms with Crippen molar-refractivity contribution in [3.8, 4) is 11.3 Å². The number of aromatic nitrogens is 4. The summed E-state index contributed by atoms with van der Waals surface area (Å²) in [5.74, 6) is -0.495. The van der Waals surface area contributed by atoms with Crippen molar-refractivity contribution >= 4 is 22.2 Å². The van der Waals surface area contributed by atoms with Crippen LogP contribution in [0.2, 0.25) is 0 Å². The van der Waals surface area contributed by atoms with Crippen LogP contribution in [0, 0.1) is 12.7 Å². The molecule has 1 amide bonds. The third-order valence-corrected chi connectivity index (χ3v) is 5.87. The third kappa shape index (κ3) is 4.08. The Labute approximate surface area is 173 Å². The van der Waals surface area contributed by atoms with Crippen molar-refractivity contribution in [2.75, 3.05) is 0 Å². The second-order valence-corrected chi connectivity index (χ2v) is 7.79. The number of nitrogens with one attached hydrogen (secondary N) is 2. The second-order valence-electron chi connectivity index (χ2n) is 6.73. The molecule has 0 aliphatic rings. The number of H-pyrrole nitrogens is 1. The second kappa shape index (κ2) is 8.07. The van der Waals surface area contributed by atoms with E-state index in [1.807, 2.05) is 17.5 Å². The largest absolute Gasteiger partial charge is 0.351 e.